The molecule has 2 N–H and O–H groups in total. The third kappa shape index (κ3) is 7.06. The second-order valence-corrected chi connectivity index (χ2v) is 12.6. The van der Waals surface area contributed by atoms with Gasteiger partial charge in [-0.1, -0.05) is 26.3 Å². The number of benzene rings is 1. The first-order valence-electron chi connectivity index (χ1n) is 14.5. The molecule has 0 aliphatic carbocycles. The van der Waals surface area contributed by atoms with E-state index < -0.39 is 12.0 Å². The lowest BCUT2D eigenvalue weighted by Gasteiger charge is -2.34. The number of halogens is 1. The van der Waals surface area contributed by atoms with Gasteiger partial charge in [-0.15, -0.1) is 0 Å². The van der Waals surface area contributed by atoms with E-state index in [1.807, 2.05) is 6.07 Å². The van der Waals surface area contributed by atoms with E-state index in [2.05, 4.69) is 83.7 Å². The van der Waals surface area contributed by atoms with Crippen molar-refractivity contribution in [2.24, 2.45) is 0 Å². The van der Waals surface area contributed by atoms with Gasteiger partial charge >= 0.3 is 5.97 Å². The fraction of sp³-hybridized carbons (Fsp3) is 0.613. The van der Waals surface area contributed by atoms with Gasteiger partial charge in [0.25, 0.3) is 0 Å². The Morgan fingerprint density at radius 1 is 1.28 bits per heavy atom. The number of likely N-dealkylation sites (tertiary alicyclic amines) is 1. The normalized spacial score (nSPS) is 20.2. The lowest BCUT2D eigenvalue weighted by molar-refractivity contribution is -0.144. The highest BCUT2D eigenvalue weighted by Gasteiger charge is 2.41. The number of unbranched alkanes of at least 4 members (excludes halogenated alkanes) is 2. The van der Waals surface area contributed by atoms with E-state index in [0.717, 1.165) is 78.7 Å². The Balaban J connectivity index is 1.33. The molecule has 0 radical (unpaired) electrons. The second-order valence-electron chi connectivity index (χ2n) is 11.5. The van der Waals surface area contributed by atoms with Gasteiger partial charge in [0.2, 0.25) is 0 Å². The molecule has 0 amide bonds. The number of aryl methyl sites for hydroxylation is 2. The van der Waals surface area contributed by atoms with E-state index in [1.54, 1.807) is 7.11 Å². The number of likely N-dealkylation sites (N-methyl/N-ethyl adjacent to an activating group) is 1. The Morgan fingerprint density at radius 2 is 2.08 bits per heavy atom. The highest BCUT2D eigenvalue weighted by Crippen LogP contribution is 2.40. The number of hydrogen-bond donors (Lipinski definition) is 2. The first-order chi connectivity index (χ1) is 18.7. The number of aliphatic carboxylic acids is 1. The average molecular weight is 649 g/mol. The largest absolute Gasteiger partial charge is 0.495 e. The number of hydrogen-bond acceptors (Lipinski definition) is 6. The highest BCUT2D eigenvalue weighted by atomic mass is 127. The molecule has 214 valence electrons. The number of fused-ring (bicyclic) bond motifs is 1. The molecule has 3 heterocycles. The Hall–Kier alpha value is -1.91. The molecule has 7 nitrogen and oxygen atoms in total. The predicted molar refractivity (Wildman–Crippen MR) is 166 cm³/mol. The van der Waals surface area contributed by atoms with Crippen LogP contribution in [0.4, 0.5) is 5.82 Å². The zero-order chi connectivity index (χ0) is 28.1. The number of carboxylic acids is 1. The summed E-state index contributed by atoms with van der Waals surface area (Å²) in [6.07, 6.45) is 7.74. The number of aromatic nitrogens is 1. The van der Waals surface area contributed by atoms with E-state index in [4.69, 9.17) is 9.72 Å². The predicted octanol–water partition coefficient (Wildman–Crippen LogP) is 6.11. The van der Waals surface area contributed by atoms with E-state index >= 15 is 0 Å². The Kier molecular flexibility index (Phi) is 10.5. The number of anilines is 1. The minimum absolute atomic E-state index is 0.133. The van der Waals surface area contributed by atoms with E-state index in [9.17, 15) is 9.90 Å². The van der Waals surface area contributed by atoms with Crippen LogP contribution in [0.3, 0.4) is 0 Å². The fourth-order valence-corrected chi connectivity index (χ4v) is 7.15. The van der Waals surface area contributed by atoms with Crippen LogP contribution < -0.4 is 10.1 Å². The molecule has 3 atom stereocenters. The number of methoxy groups -OCH3 is 1. The smallest absolute Gasteiger partial charge is 0.325 e. The van der Waals surface area contributed by atoms with Crippen molar-refractivity contribution in [3.63, 3.8) is 0 Å². The summed E-state index contributed by atoms with van der Waals surface area (Å²) < 4.78 is 6.69. The lowest BCUT2D eigenvalue weighted by Crippen LogP contribution is -2.44. The molecule has 0 saturated carbocycles. The summed E-state index contributed by atoms with van der Waals surface area (Å²) in [5.41, 5.74) is 4.44. The highest BCUT2D eigenvalue weighted by molar-refractivity contribution is 14.1. The summed E-state index contributed by atoms with van der Waals surface area (Å²) in [6.45, 7) is 9.27. The fourth-order valence-electron chi connectivity index (χ4n) is 6.26. The van der Waals surface area contributed by atoms with Crippen LogP contribution in [0.1, 0.15) is 87.2 Å². The van der Waals surface area contributed by atoms with E-state index in [1.165, 1.54) is 17.7 Å². The van der Waals surface area contributed by atoms with Gasteiger partial charge < -0.3 is 20.1 Å². The number of pyridine rings is 1. The molecule has 4 rings (SSSR count). The molecule has 1 fully saturated rings. The number of ether oxygens (including phenoxy) is 1. The van der Waals surface area contributed by atoms with Crippen molar-refractivity contribution in [3.8, 4) is 5.75 Å². The van der Waals surface area contributed by atoms with Crippen molar-refractivity contribution >= 4 is 34.4 Å². The first-order valence-corrected chi connectivity index (χ1v) is 15.6. The third-order valence-electron chi connectivity index (χ3n) is 8.55. The standard InChI is InChI=1S/C31H45IN4O3/c1-20(2)23-18-25(29(39-5)26(32)19-23)28(31(37)38)36-17-14-27(21(36)3)35(4)16-8-6-7-11-24-13-12-22-10-9-15-33-30(22)34-24/h12-13,18-21,27-28H,6-11,14-17H2,1-5H3,(H,33,34)(H,37,38)/t21-,27-,28?/m1/s1. The zero-order valence-electron chi connectivity index (χ0n) is 24.2. The lowest BCUT2D eigenvalue weighted by atomic mass is 9.95. The molecule has 1 saturated heterocycles. The van der Waals surface area contributed by atoms with Gasteiger partial charge in [0.15, 0.2) is 0 Å². The molecule has 1 aromatic carbocycles. The van der Waals surface area contributed by atoms with E-state index in [0.29, 0.717) is 17.7 Å². The summed E-state index contributed by atoms with van der Waals surface area (Å²) in [4.78, 5) is 22.1. The summed E-state index contributed by atoms with van der Waals surface area (Å²) in [5, 5.41) is 13.8. The van der Waals surface area contributed by atoms with Crippen LogP contribution in [0.25, 0.3) is 0 Å². The molecule has 2 aromatic rings. The van der Waals surface area contributed by atoms with Gasteiger partial charge in [0, 0.05) is 36.4 Å². The molecule has 2 aliphatic rings. The van der Waals surface area contributed by atoms with Crippen molar-refractivity contribution in [1.82, 2.24) is 14.8 Å². The van der Waals surface area contributed by atoms with Crippen molar-refractivity contribution in [2.75, 3.05) is 39.1 Å². The summed E-state index contributed by atoms with van der Waals surface area (Å²) in [7, 11) is 3.83. The minimum atomic E-state index is -0.814. The number of carbonyl (C=O) groups is 1. The summed E-state index contributed by atoms with van der Waals surface area (Å²) in [6, 6.07) is 8.33. The summed E-state index contributed by atoms with van der Waals surface area (Å²) >= 11 is 2.27. The van der Waals surface area contributed by atoms with Crippen molar-refractivity contribution in [3.05, 3.63) is 50.2 Å². The van der Waals surface area contributed by atoms with Gasteiger partial charge in [-0.2, -0.15) is 0 Å². The van der Waals surface area contributed by atoms with Crippen molar-refractivity contribution < 1.29 is 14.6 Å². The van der Waals surface area contributed by atoms with Gasteiger partial charge in [0.1, 0.15) is 17.6 Å². The maximum absolute atomic E-state index is 12.7. The molecular formula is C31H45IN4O3. The van der Waals surface area contributed by atoms with Gasteiger partial charge in [-0.25, -0.2) is 4.98 Å². The zero-order valence-corrected chi connectivity index (χ0v) is 26.3. The van der Waals surface area contributed by atoms with Crippen LogP contribution in [0.5, 0.6) is 5.75 Å². The maximum Gasteiger partial charge on any atom is 0.325 e. The molecular weight excluding hydrogens is 603 g/mol. The number of rotatable bonds is 12. The molecule has 0 bridgehead atoms. The number of nitrogens with one attached hydrogen (secondary N) is 1. The minimum Gasteiger partial charge on any atom is -0.495 e. The van der Waals surface area contributed by atoms with Crippen LogP contribution in [0, 0.1) is 3.57 Å². The van der Waals surface area contributed by atoms with Crippen LogP contribution >= 0.6 is 22.6 Å². The van der Waals surface area contributed by atoms with Gasteiger partial charge in [0.05, 0.1) is 10.7 Å². The monoisotopic (exact) mass is 648 g/mol. The van der Waals surface area contributed by atoms with Crippen LogP contribution in [0.2, 0.25) is 0 Å². The quantitative estimate of drug-likeness (QED) is 0.213. The second kappa shape index (κ2) is 13.6. The van der Waals surface area contributed by atoms with E-state index in [-0.39, 0.29) is 6.04 Å². The Bertz CT molecular complexity index is 1140. The molecule has 8 heteroatoms. The van der Waals surface area contributed by atoms with Gasteiger partial charge in [-0.05, 0) is 117 Å². The average Bonchev–Trinajstić information content (AvgIpc) is 3.28. The molecule has 0 spiro atoms. The molecule has 1 aromatic heterocycles. The third-order valence-corrected chi connectivity index (χ3v) is 9.35. The van der Waals surface area contributed by atoms with Crippen LogP contribution in [-0.4, -0.2) is 71.7 Å². The Labute approximate surface area is 247 Å². The molecule has 1 unspecified atom stereocenters. The SMILES string of the molecule is COc1c(I)cc(C(C)C)cc1C(C(=O)O)N1CC[C@@H](N(C)CCCCCc2ccc3c(n2)NCCC3)[C@H]1C. The Morgan fingerprint density at radius 3 is 2.79 bits per heavy atom. The topological polar surface area (TPSA) is 77.9 Å². The van der Waals surface area contributed by atoms with Crippen LogP contribution in [-0.2, 0) is 17.6 Å². The van der Waals surface area contributed by atoms with Crippen molar-refractivity contribution in [1.29, 1.82) is 0 Å². The summed E-state index contributed by atoms with van der Waals surface area (Å²) in [5.74, 6) is 1.26. The number of nitrogens with zero attached hydrogens (tertiary/aromatic N) is 3. The first kappa shape index (κ1) is 30.1. The van der Waals surface area contributed by atoms with Gasteiger partial charge in [-0.3, -0.25) is 9.69 Å². The van der Waals surface area contributed by atoms with Crippen molar-refractivity contribution in [2.45, 2.75) is 89.8 Å². The number of carboxylic acid groups (broad SMARTS) is 1. The molecule has 39 heavy (non-hydrogen) atoms. The maximum atomic E-state index is 12.7. The van der Waals surface area contributed by atoms with Crippen LogP contribution in [0.15, 0.2) is 24.3 Å². The molecule has 2 aliphatic heterocycles.